The number of hydrogen-bond donors (Lipinski definition) is 2. The molecule has 1 unspecified atom stereocenters. The second-order valence-electron chi connectivity index (χ2n) is 7.74. The highest BCUT2D eigenvalue weighted by Gasteiger charge is 2.41. The molecule has 26 heavy (non-hydrogen) atoms. The molecule has 0 fully saturated rings. The first-order chi connectivity index (χ1) is 12.4. The van der Waals surface area contributed by atoms with Gasteiger partial charge in [-0.15, -0.1) is 0 Å². The maximum Gasteiger partial charge on any atom is 0.309 e. The molecule has 0 aromatic rings. The second kappa shape index (κ2) is 15.0. The van der Waals surface area contributed by atoms with Gasteiger partial charge in [-0.25, -0.2) is 0 Å². The number of unbranched alkanes of at least 4 members (excludes halogenated alkanes) is 9. The Balaban J connectivity index is 3.75. The number of carboxylic acid groups (broad SMARTS) is 2. The highest BCUT2D eigenvalue weighted by atomic mass is 16.4. The van der Waals surface area contributed by atoms with E-state index < -0.39 is 17.4 Å². The van der Waals surface area contributed by atoms with E-state index >= 15 is 0 Å². The van der Waals surface area contributed by atoms with Crippen LogP contribution in [-0.4, -0.2) is 22.2 Å². The van der Waals surface area contributed by atoms with Gasteiger partial charge in [0.15, 0.2) is 0 Å². The van der Waals surface area contributed by atoms with Crippen molar-refractivity contribution >= 4 is 11.9 Å². The van der Waals surface area contributed by atoms with Crippen LogP contribution in [-0.2, 0) is 9.59 Å². The molecule has 1 atom stereocenters. The maximum atomic E-state index is 11.8. The van der Waals surface area contributed by atoms with Crippen LogP contribution in [0.15, 0.2) is 0 Å². The fourth-order valence-corrected chi connectivity index (χ4v) is 4.26. The molecule has 4 heteroatoms. The van der Waals surface area contributed by atoms with Crippen LogP contribution in [0.2, 0.25) is 0 Å². The van der Waals surface area contributed by atoms with Gasteiger partial charge in [-0.05, 0) is 31.6 Å². The molecule has 0 aromatic heterocycles. The van der Waals surface area contributed by atoms with Gasteiger partial charge in [0.05, 0.1) is 5.41 Å². The zero-order valence-electron chi connectivity index (χ0n) is 17.4. The van der Waals surface area contributed by atoms with Gasteiger partial charge in [0.1, 0.15) is 0 Å². The summed E-state index contributed by atoms with van der Waals surface area (Å²) in [6.07, 6.45) is 15.3. The summed E-state index contributed by atoms with van der Waals surface area (Å²) in [4.78, 5) is 22.2. The lowest BCUT2D eigenvalue weighted by Crippen LogP contribution is -2.37. The van der Waals surface area contributed by atoms with Gasteiger partial charge in [-0.1, -0.05) is 85.0 Å². The Bertz CT molecular complexity index is 374. The van der Waals surface area contributed by atoms with E-state index in [-0.39, 0.29) is 0 Å². The monoisotopic (exact) mass is 370 g/mol. The lowest BCUT2D eigenvalue weighted by molar-refractivity contribution is -0.154. The van der Waals surface area contributed by atoms with E-state index in [1.165, 1.54) is 38.5 Å². The first kappa shape index (κ1) is 24.9. The predicted octanol–water partition coefficient (Wildman–Crippen LogP) is 6.67. The lowest BCUT2D eigenvalue weighted by atomic mass is 9.68. The highest BCUT2D eigenvalue weighted by Crippen LogP contribution is 2.40. The SMILES string of the molecule is CCC(CCCCCCCCCCCCC(=O)O)C(CC)(CC)C(=O)O. The van der Waals surface area contributed by atoms with Crippen molar-refractivity contribution in [2.24, 2.45) is 11.3 Å². The van der Waals surface area contributed by atoms with Gasteiger partial charge in [0.25, 0.3) is 0 Å². The lowest BCUT2D eigenvalue weighted by Gasteiger charge is -2.35. The fraction of sp³-hybridized carbons (Fsp3) is 0.909. The van der Waals surface area contributed by atoms with E-state index in [0.717, 1.165) is 51.4 Å². The Kier molecular flexibility index (Phi) is 14.4. The van der Waals surface area contributed by atoms with E-state index in [0.29, 0.717) is 12.3 Å². The average Bonchev–Trinajstić information content (AvgIpc) is 2.61. The number of carboxylic acids is 2. The van der Waals surface area contributed by atoms with Gasteiger partial charge in [-0.3, -0.25) is 9.59 Å². The van der Waals surface area contributed by atoms with Crippen molar-refractivity contribution in [3.8, 4) is 0 Å². The molecule has 0 heterocycles. The molecule has 0 rings (SSSR count). The Morgan fingerprint density at radius 1 is 0.731 bits per heavy atom. The maximum absolute atomic E-state index is 11.8. The van der Waals surface area contributed by atoms with E-state index in [1.54, 1.807) is 0 Å². The van der Waals surface area contributed by atoms with Gasteiger partial charge in [0, 0.05) is 6.42 Å². The molecule has 0 saturated heterocycles. The molecule has 0 aliphatic carbocycles. The first-order valence-corrected chi connectivity index (χ1v) is 10.9. The summed E-state index contributed by atoms with van der Waals surface area (Å²) >= 11 is 0. The summed E-state index contributed by atoms with van der Waals surface area (Å²) in [6, 6.07) is 0. The van der Waals surface area contributed by atoms with Gasteiger partial charge >= 0.3 is 11.9 Å². The molecule has 0 spiro atoms. The van der Waals surface area contributed by atoms with Crippen LogP contribution >= 0.6 is 0 Å². The normalized spacial score (nSPS) is 12.9. The number of aliphatic carboxylic acids is 2. The van der Waals surface area contributed by atoms with Crippen molar-refractivity contribution in [3.05, 3.63) is 0 Å². The average molecular weight is 371 g/mol. The Morgan fingerprint density at radius 2 is 1.15 bits per heavy atom. The van der Waals surface area contributed by atoms with Gasteiger partial charge < -0.3 is 10.2 Å². The third-order valence-corrected chi connectivity index (χ3v) is 6.16. The van der Waals surface area contributed by atoms with Crippen molar-refractivity contribution in [3.63, 3.8) is 0 Å². The van der Waals surface area contributed by atoms with E-state index in [4.69, 9.17) is 5.11 Å². The van der Waals surface area contributed by atoms with Crippen molar-refractivity contribution in [1.82, 2.24) is 0 Å². The quantitative estimate of drug-likeness (QED) is 0.264. The predicted molar refractivity (Wildman–Crippen MR) is 107 cm³/mol. The minimum Gasteiger partial charge on any atom is -0.481 e. The number of rotatable bonds is 18. The molecule has 0 aromatic carbocycles. The molecule has 2 N–H and O–H groups in total. The Labute approximate surface area is 160 Å². The van der Waals surface area contributed by atoms with E-state index in [2.05, 4.69) is 6.92 Å². The molecular weight excluding hydrogens is 328 g/mol. The summed E-state index contributed by atoms with van der Waals surface area (Å²) in [5.74, 6) is -1.01. The smallest absolute Gasteiger partial charge is 0.309 e. The third kappa shape index (κ3) is 9.59. The molecular formula is C22H42O4. The van der Waals surface area contributed by atoms with Crippen LogP contribution in [0.1, 0.15) is 117 Å². The molecule has 4 nitrogen and oxygen atoms in total. The zero-order chi connectivity index (χ0) is 19.8. The van der Waals surface area contributed by atoms with Crippen molar-refractivity contribution in [2.45, 2.75) is 117 Å². The van der Waals surface area contributed by atoms with Crippen LogP contribution in [0.5, 0.6) is 0 Å². The van der Waals surface area contributed by atoms with Crippen molar-refractivity contribution in [2.75, 3.05) is 0 Å². The van der Waals surface area contributed by atoms with Crippen molar-refractivity contribution in [1.29, 1.82) is 0 Å². The molecule has 0 amide bonds. The Hall–Kier alpha value is -1.06. The van der Waals surface area contributed by atoms with Crippen LogP contribution < -0.4 is 0 Å². The minimum atomic E-state index is -0.686. The summed E-state index contributed by atoms with van der Waals surface area (Å²) in [5, 5.41) is 18.3. The van der Waals surface area contributed by atoms with Crippen LogP contribution in [0, 0.1) is 11.3 Å². The van der Waals surface area contributed by atoms with E-state index in [9.17, 15) is 14.7 Å². The molecule has 154 valence electrons. The number of hydrogen-bond acceptors (Lipinski definition) is 2. The molecule has 0 radical (unpaired) electrons. The standard InChI is InChI=1S/C22H42O4/c1-4-19(22(5-2,6-3)21(25)26)17-15-13-11-9-7-8-10-12-14-16-18-20(23)24/h19H,4-18H2,1-3H3,(H,23,24)(H,25,26). The topological polar surface area (TPSA) is 74.6 Å². The van der Waals surface area contributed by atoms with Crippen LogP contribution in [0.4, 0.5) is 0 Å². The summed E-state index contributed by atoms with van der Waals surface area (Å²) < 4.78 is 0. The molecule has 0 bridgehead atoms. The summed E-state index contributed by atoms with van der Waals surface area (Å²) in [6.45, 7) is 6.16. The third-order valence-electron chi connectivity index (χ3n) is 6.16. The Morgan fingerprint density at radius 3 is 1.50 bits per heavy atom. The summed E-state index contributed by atoms with van der Waals surface area (Å²) in [5.41, 5.74) is -0.532. The minimum absolute atomic E-state index is 0.292. The van der Waals surface area contributed by atoms with Gasteiger partial charge in [0.2, 0.25) is 0 Å². The van der Waals surface area contributed by atoms with Gasteiger partial charge in [-0.2, -0.15) is 0 Å². The zero-order valence-corrected chi connectivity index (χ0v) is 17.4. The molecule has 0 aliphatic heterocycles. The second-order valence-corrected chi connectivity index (χ2v) is 7.74. The largest absolute Gasteiger partial charge is 0.481 e. The fourth-order valence-electron chi connectivity index (χ4n) is 4.26. The molecule has 0 aliphatic rings. The van der Waals surface area contributed by atoms with E-state index in [1.807, 2.05) is 13.8 Å². The van der Waals surface area contributed by atoms with Crippen LogP contribution in [0.25, 0.3) is 0 Å². The summed E-state index contributed by atoms with van der Waals surface area (Å²) in [7, 11) is 0. The van der Waals surface area contributed by atoms with Crippen molar-refractivity contribution < 1.29 is 19.8 Å². The molecule has 0 saturated carbocycles. The highest BCUT2D eigenvalue weighted by molar-refractivity contribution is 5.74. The number of carbonyl (C=O) groups is 2. The van der Waals surface area contributed by atoms with Crippen LogP contribution in [0.3, 0.4) is 0 Å². The first-order valence-electron chi connectivity index (χ1n) is 10.9.